The van der Waals surface area contributed by atoms with Crippen molar-refractivity contribution in [1.29, 1.82) is 0 Å². The van der Waals surface area contributed by atoms with Gasteiger partial charge >= 0.3 is 5.97 Å². The summed E-state index contributed by atoms with van der Waals surface area (Å²) in [5, 5.41) is 11.8. The number of aromatic nitrogens is 1. The number of hydrogen-bond donors (Lipinski definition) is 3. The number of aliphatic carboxylic acids is 1. The summed E-state index contributed by atoms with van der Waals surface area (Å²) < 4.78 is 0. The van der Waals surface area contributed by atoms with Gasteiger partial charge in [-0.05, 0) is 49.9 Å². The Balaban J connectivity index is 1.68. The number of aryl methyl sites for hydroxylation is 2. The van der Waals surface area contributed by atoms with Gasteiger partial charge in [0.25, 0.3) is 5.91 Å². The zero-order valence-corrected chi connectivity index (χ0v) is 12.5. The van der Waals surface area contributed by atoms with Crippen LogP contribution in [0.3, 0.4) is 0 Å². The van der Waals surface area contributed by atoms with Crippen LogP contribution < -0.4 is 5.32 Å². The molecule has 0 spiro atoms. The SMILES string of the molecule is Cc1cc(C(=O)Nc2ccc([C@@H]3C[C@H]3C(=O)O)cc2)c(C)[nH]1. The summed E-state index contributed by atoms with van der Waals surface area (Å²) >= 11 is 0. The van der Waals surface area contributed by atoms with Crippen LogP contribution >= 0.6 is 0 Å². The molecule has 5 nitrogen and oxygen atoms in total. The number of carboxylic acids is 1. The second kappa shape index (κ2) is 5.33. The monoisotopic (exact) mass is 298 g/mol. The van der Waals surface area contributed by atoms with Crippen LogP contribution in [0.25, 0.3) is 0 Å². The van der Waals surface area contributed by atoms with Gasteiger partial charge in [-0.15, -0.1) is 0 Å². The lowest BCUT2D eigenvalue weighted by molar-refractivity contribution is -0.138. The fraction of sp³-hybridized carbons (Fsp3) is 0.294. The highest BCUT2D eigenvalue weighted by molar-refractivity contribution is 6.05. The van der Waals surface area contributed by atoms with E-state index in [-0.39, 0.29) is 17.7 Å². The highest BCUT2D eigenvalue weighted by Crippen LogP contribution is 2.47. The number of hydrogen-bond acceptors (Lipinski definition) is 2. The fourth-order valence-corrected chi connectivity index (χ4v) is 2.81. The van der Waals surface area contributed by atoms with Gasteiger partial charge in [0.1, 0.15) is 0 Å². The molecule has 1 fully saturated rings. The van der Waals surface area contributed by atoms with E-state index in [1.54, 1.807) is 0 Å². The quantitative estimate of drug-likeness (QED) is 0.811. The van der Waals surface area contributed by atoms with Crippen LogP contribution in [0.5, 0.6) is 0 Å². The molecule has 1 aromatic carbocycles. The Labute approximate surface area is 128 Å². The number of aromatic amines is 1. The van der Waals surface area contributed by atoms with Gasteiger partial charge in [-0.1, -0.05) is 12.1 Å². The minimum atomic E-state index is -0.735. The third kappa shape index (κ3) is 2.74. The summed E-state index contributed by atoms with van der Waals surface area (Å²) in [6.07, 6.45) is 0.697. The second-order valence-corrected chi connectivity index (χ2v) is 5.85. The molecule has 0 unspecified atom stereocenters. The Morgan fingerprint density at radius 3 is 2.41 bits per heavy atom. The summed E-state index contributed by atoms with van der Waals surface area (Å²) in [7, 11) is 0. The molecule has 3 N–H and O–H groups in total. The first kappa shape index (κ1) is 14.4. The maximum Gasteiger partial charge on any atom is 0.307 e. The van der Waals surface area contributed by atoms with E-state index in [9.17, 15) is 9.59 Å². The van der Waals surface area contributed by atoms with Crippen LogP contribution in [0.15, 0.2) is 30.3 Å². The number of carbonyl (C=O) groups excluding carboxylic acids is 1. The molecule has 5 heteroatoms. The Morgan fingerprint density at radius 1 is 1.23 bits per heavy atom. The minimum absolute atomic E-state index is 0.108. The number of carbonyl (C=O) groups is 2. The van der Waals surface area contributed by atoms with Crippen molar-refractivity contribution in [3.05, 3.63) is 52.8 Å². The van der Waals surface area contributed by atoms with Gasteiger partial charge in [-0.3, -0.25) is 9.59 Å². The Hall–Kier alpha value is -2.56. The van der Waals surface area contributed by atoms with Crippen LogP contribution in [0.4, 0.5) is 5.69 Å². The molecule has 3 rings (SSSR count). The zero-order chi connectivity index (χ0) is 15.9. The smallest absolute Gasteiger partial charge is 0.307 e. The first-order valence-corrected chi connectivity index (χ1v) is 7.26. The number of rotatable bonds is 4. The number of carboxylic acid groups (broad SMARTS) is 1. The molecule has 0 bridgehead atoms. The molecule has 1 amide bonds. The summed E-state index contributed by atoms with van der Waals surface area (Å²) in [6, 6.07) is 9.23. The van der Waals surface area contributed by atoms with Crippen molar-refractivity contribution in [2.45, 2.75) is 26.2 Å². The molecule has 0 aliphatic heterocycles. The molecule has 1 saturated carbocycles. The highest BCUT2D eigenvalue weighted by Gasteiger charge is 2.43. The minimum Gasteiger partial charge on any atom is -0.481 e. The Morgan fingerprint density at radius 2 is 1.91 bits per heavy atom. The molecule has 0 radical (unpaired) electrons. The van der Waals surface area contributed by atoms with Crippen molar-refractivity contribution >= 4 is 17.6 Å². The average molecular weight is 298 g/mol. The average Bonchev–Trinajstić information content (AvgIpc) is 3.19. The standard InChI is InChI=1S/C17H18N2O3/c1-9-7-13(10(2)18-9)16(20)19-12-5-3-11(4-6-12)14-8-15(14)17(21)22/h3-7,14-15,18H,8H2,1-2H3,(H,19,20)(H,21,22)/t14-,15+/m0/s1. The van der Waals surface area contributed by atoms with E-state index in [0.717, 1.165) is 17.0 Å². The van der Waals surface area contributed by atoms with Crippen LogP contribution in [0.1, 0.15) is 39.6 Å². The van der Waals surface area contributed by atoms with E-state index < -0.39 is 5.97 Å². The molecule has 2 atom stereocenters. The lowest BCUT2D eigenvalue weighted by Gasteiger charge is -2.06. The van der Waals surface area contributed by atoms with Crippen molar-refractivity contribution in [2.75, 3.05) is 5.32 Å². The van der Waals surface area contributed by atoms with Crippen LogP contribution in [0.2, 0.25) is 0 Å². The van der Waals surface area contributed by atoms with E-state index in [2.05, 4.69) is 10.3 Å². The molecule has 22 heavy (non-hydrogen) atoms. The van der Waals surface area contributed by atoms with Crippen LogP contribution in [-0.4, -0.2) is 22.0 Å². The van der Waals surface area contributed by atoms with Gasteiger partial charge in [-0.2, -0.15) is 0 Å². The summed E-state index contributed by atoms with van der Waals surface area (Å²) in [4.78, 5) is 26.2. The Kier molecular flexibility index (Phi) is 3.48. The fourth-order valence-electron chi connectivity index (χ4n) is 2.81. The van der Waals surface area contributed by atoms with Crippen molar-refractivity contribution in [3.8, 4) is 0 Å². The number of anilines is 1. The van der Waals surface area contributed by atoms with E-state index in [4.69, 9.17) is 5.11 Å². The van der Waals surface area contributed by atoms with Gasteiger partial charge in [0.15, 0.2) is 0 Å². The zero-order valence-electron chi connectivity index (χ0n) is 12.5. The number of H-pyrrole nitrogens is 1. The number of amides is 1. The molecule has 1 aliphatic carbocycles. The molecule has 2 aromatic rings. The Bertz CT molecular complexity index is 731. The second-order valence-electron chi connectivity index (χ2n) is 5.85. The van der Waals surface area contributed by atoms with Crippen molar-refractivity contribution in [1.82, 2.24) is 4.98 Å². The third-order valence-corrected chi connectivity index (χ3v) is 4.10. The molecule has 1 aromatic heterocycles. The molecule has 114 valence electrons. The lowest BCUT2D eigenvalue weighted by atomic mass is 10.1. The van der Waals surface area contributed by atoms with Gasteiger partial charge < -0.3 is 15.4 Å². The van der Waals surface area contributed by atoms with Crippen LogP contribution in [0, 0.1) is 19.8 Å². The summed E-state index contributed by atoms with van der Waals surface area (Å²) in [5.74, 6) is -1.03. The largest absolute Gasteiger partial charge is 0.481 e. The predicted molar refractivity (Wildman–Crippen MR) is 83.1 cm³/mol. The van der Waals surface area contributed by atoms with Crippen molar-refractivity contribution in [2.24, 2.45) is 5.92 Å². The number of nitrogens with one attached hydrogen (secondary N) is 2. The van der Waals surface area contributed by atoms with Crippen molar-refractivity contribution in [3.63, 3.8) is 0 Å². The maximum atomic E-state index is 12.2. The van der Waals surface area contributed by atoms with Gasteiger partial charge in [-0.25, -0.2) is 0 Å². The highest BCUT2D eigenvalue weighted by atomic mass is 16.4. The number of benzene rings is 1. The predicted octanol–water partition coefficient (Wildman–Crippen LogP) is 3.07. The van der Waals surface area contributed by atoms with Gasteiger partial charge in [0.05, 0.1) is 11.5 Å². The normalized spacial score (nSPS) is 19.7. The molecule has 0 saturated heterocycles. The van der Waals surface area contributed by atoms with Crippen molar-refractivity contribution < 1.29 is 14.7 Å². The van der Waals surface area contributed by atoms with E-state index in [1.807, 2.05) is 44.2 Å². The van der Waals surface area contributed by atoms with Gasteiger partial charge in [0, 0.05) is 17.1 Å². The molecular formula is C17H18N2O3. The van der Waals surface area contributed by atoms with Crippen LogP contribution in [-0.2, 0) is 4.79 Å². The van der Waals surface area contributed by atoms with E-state index >= 15 is 0 Å². The maximum absolute atomic E-state index is 12.2. The first-order chi connectivity index (χ1) is 10.5. The first-order valence-electron chi connectivity index (χ1n) is 7.26. The lowest BCUT2D eigenvalue weighted by Crippen LogP contribution is -2.12. The molecular weight excluding hydrogens is 280 g/mol. The van der Waals surface area contributed by atoms with E-state index in [1.165, 1.54) is 0 Å². The molecule has 1 heterocycles. The van der Waals surface area contributed by atoms with Gasteiger partial charge in [0.2, 0.25) is 0 Å². The van der Waals surface area contributed by atoms with E-state index in [0.29, 0.717) is 17.7 Å². The topological polar surface area (TPSA) is 82.2 Å². The summed E-state index contributed by atoms with van der Waals surface area (Å²) in [6.45, 7) is 3.78. The summed E-state index contributed by atoms with van der Waals surface area (Å²) in [5.41, 5.74) is 4.15. The molecule has 1 aliphatic rings. The third-order valence-electron chi connectivity index (χ3n) is 4.10.